The van der Waals surface area contributed by atoms with Crippen molar-refractivity contribution in [2.45, 2.75) is 149 Å². The van der Waals surface area contributed by atoms with Crippen molar-refractivity contribution < 1.29 is 23.9 Å². The van der Waals surface area contributed by atoms with Gasteiger partial charge < -0.3 is 19.3 Å². The summed E-state index contributed by atoms with van der Waals surface area (Å²) in [5.74, 6) is -0.414. The second kappa shape index (κ2) is 19.3. The number of piperidine rings is 1. The van der Waals surface area contributed by atoms with E-state index >= 15 is 0 Å². The van der Waals surface area contributed by atoms with Gasteiger partial charge in [0.05, 0.1) is 12.6 Å². The van der Waals surface area contributed by atoms with Gasteiger partial charge in [-0.1, -0.05) is 84.0 Å². The monoisotopic (exact) mass is 524 g/mol. The third-order valence-corrected chi connectivity index (χ3v) is 6.91. The van der Waals surface area contributed by atoms with Crippen molar-refractivity contribution >= 4 is 18.0 Å². The van der Waals surface area contributed by atoms with Gasteiger partial charge in [-0.25, -0.2) is 4.79 Å². The van der Waals surface area contributed by atoms with E-state index in [1.54, 1.807) is 16.7 Å². The molecule has 216 valence electrons. The number of hydrogen-bond acceptors (Lipinski definition) is 5. The number of unbranched alkanes of at least 4 members (excludes halogenated alkanes) is 12. The highest BCUT2D eigenvalue weighted by molar-refractivity contribution is 5.82. The van der Waals surface area contributed by atoms with Crippen molar-refractivity contribution in [3.05, 3.63) is 0 Å². The van der Waals surface area contributed by atoms with E-state index in [0.29, 0.717) is 19.5 Å². The molecule has 0 aliphatic carbocycles. The van der Waals surface area contributed by atoms with Gasteiger partial charge in [0.1, 0.15) is 12.1 Å². The summed E-state index contributed by atoms with van der Waals surface area (Å²) < 4.78 is 10.7. The van der Waals surface area contributed by atoms with Gasteiger partial charge in [-0.3, -0.25) is 9.59 Å². The summed E-state index contributed by atoms with van der Waals surface area (Å²) in [6.07, 6.45) is 18.0. The molecule has 0 aromatic rings. The maximum atomic E-state index is 13.2. The Balaban J connectivity index is 2.41. The Kier molecular flexibility index (Phi) is 17.3. The molecule has 7 heteroatoms. The highest BCUT2D eigenvalue weighted by atomic mass is 16.6. The molecular weight excluding hydrogens is 468 g/mol. The first-order chi connectivity index (χ1) is 17.7. The van der Waals surface area contributed by atoms with E-state index in [0.717, 1.165) is 32.1 Å². The van der Waals surface area contributed by atoms with Crippen LogP contribution in [0.2, 0.25) is 0 Å². The molecule has 0 unspecified atom stereocenters. The number of rotatable bonds is 18. The predicted molar refractivity (Wildman–Crippen MR) is 149 cm³/mol. The molecule has 1 aliphatic heterocycles. The van der Waals surface area contributed by atoms with E-state index in [9.17, 15) is 14.4 Å². The van der Waals surface area contributed by atoms with Crippen LogP contribution >= 0.6 is 0 Å². The first-order valence-electron chi connectivity index (χ1n) is 15.1. The minimum Gasteiger partial charge on any atom is -0.465 e. The normalized spacial score (nSPS) is 15.9. The number of nitrogens with zero attached hydrogens (tertiary/aromatic N) is 2. The lowest BCUT2D eigenvalue weighted by Gasteiger charge is -2.39. The molecule has 1 rings (SSSR count). The van der Waals surface area contributed by atoms with Gasteiger partial charge in [0.25, 0.3) is 0 Å². The van der Waals surface area contributed by atoms with Crippen molar-refractivity contribution in [2.75, 3.05) is 26.2 Å². The SMILES string of the molecule is CCCCCCCCCCCCCCCC(=O)N(CC(=O)OCC)[C@H]1CCCN(C(=O)OC(C)(C)C)C1. The van der Waals surface area contributed by atoms with Crippen LogP contribution in [0.25, 0.3) is 0 Å². The fraction of sp³-hybridized carbons (Fsp3) is 0.900. The smallest absolute Gasteiger partial charge is 0.410 e. The topological polar surface area (TPSA) is 76.2 Å². The van der Waals surface area contributed by atoms with Crippen LogP contribution in [0.15, 0.2) is 0 Å². The molecule has 0 spiro atoms. The third-order valence-electron chi connectivity index (χ3n) is 6.91. The maximum Gasteiger partial charge on any atom is 0.410 e. The Labute approximate surface area is 227 Å². The number of carbonyl (C=O) groups is 3. The van der Waals surface area contributed by atoms with E-state index in [-0.39, 0.29) is 31.2 Å². The molecule has 1 saturated heterocycles. The van der Waals surface area contributed by atoms with Crippen LogP contribution < -0.4 is 0 Å². The highest BCUT2D eigenvalue weighted by Crippen LogP contribution is 2.21. The zero-order valence-electron chi connectivity index (χ0n) is 24.7. The van der Waals surface area contributed by atoms with Gasteiger partial charge >= 0.3 is 12.1 Å². The predicted octanol–water partition coefficient (Wildman–Crippen LogP) is 7.26. The molecule has 0 radical (unpaired) electrons. The first-order valence-corrected chi connectivity index (χ1v) is 15.1. The minimum absolute atomic E-state index is 0.0211. The summed E-state index contributed by atoms with van der Waals surface area (Å²) in [6.45, 7) is 10.8. The zero-order valence-corrected chi connectivity index (χ0v) is 24.7. The number of hydrogen-bond donors (Lipinski definition) is 0. The first kappa shape index (κ1) is 33.2. The van der Waals surface area contributed by atoms with Gasteiger partial charge in [-0.2, -0.15) is 0 Å². The van der Waals surface area contributed by atoms with Gasteiger partial charge in [0.2, 0.25) is 5.91 Å². The second-order valence-electron chi connectivity index (χ2n) is 11.5. The summed E-state index contributed by atoms with van der Waals surface area (Å²) in [4.78, 5) is 41.3. The summed E-state index contributed by atoms with van der Waals surface area (Å²) in [5.41, 5.74) is -0.571. The van der Waals surface area contributed by atoms with Gasteiger partial charge in [0, 0.05) is 19.5 Å². The van der Waals surface area contributed by atoms with E-state index in [1.807, 2.05) is 20.8 Å². The number of amides is 2. The molecular formula is C30H56N2O5. The average molecular weight is 525 g/mol. The number of ether oxygens (including phenoxy) is 2. The zero-order chi connectivity index (χ0) is 27.5. The average Bonchev–Trinajstić information content (AvgIpc) is 2.84. The lowest BCUT2D eigenvalue weighted by Crippen LogP contribution is -2.53. The fourth-order valence-electron chi connectivity index (χ4n) is 4.91. The summed E-state index contributed by atoms with van der Waals surface area (Å²) in [5, 5.41) is 0. The van der Waals surface area contributed by atoms with Crippen LogP contribution in [-0.4, -0.2) is 65.7 Å². The Morgan fingerprint density at radius 1 is 0.838 bits per heavy atom. The summed E-state index contributed by atoms with van der Waals surface area (Å²) >= 11 is 0. The number of carbonyl (C=O) groups excluding carboxylic acids is 3. The third kappa shape index (κ3) is 15.9. The van der Waals surface area contributed by atoms with Crippen molar-refractivity contribution in [2.24, 2.45) is 0 Å². The largest absolute Gasteiger partial charge is 0.465 e. The molecule has 1 aliphatic rings. The Hall–Kier alpha value is -1.79. The number of esters is 1. The molecule has 0 bridgehead atoms. The fourth-order valence-corrected chi connectivity index (χ4v) is 4.91. The lowest BCUT2D eigenvalue weighted by molar-refractivity contribution is -0.151. The molecule has 7 nitrogen and oxygen atoms in total. The van der Waals surface area contributed by atoms with Crippen LogP contribution in [-0.2, 0) is 19.1 Å². The second-order valence-corrected chi connectivity index (χ2v) is 11.5. The Morgan fingerprint density at radius 3 is 1.89 bits per heavy atom. The molecule has 2 amide bonds. The maximum absolute atomic E-state index is 13.2. The molecule has 0 aromatic carbocycles. The van der Waals surface area contributed by atoms with Gasteiger partial charge in [-0.15, -0.1) is 0 Å². The van der Waals surface area contributed by atoms with Crippen molar-refractivity contribution in [3.63, 3.8) is 0 Å². The van der Waals surface area contributed by atoms with Crippen molar-refractivity contribution in [3.8, 4) is 0 Å². The van der Waals surface area contributed by atoms with Gasteiger partial charge in [0.15, 0.2) is 0 Å². The molecule has 0 aromatic heterocycles. The van der Waals surface area contributed by atoms with E-state index in [1.165, 1.54) is 64.2 Å². The lowest BCUT2D eigenvalue weighted by atomic mass is 10.0. The molecule has 1 heterocycles. The summed E-state index contributed by atoms with van der Waals surface area (Å²) in [6, 6.07) is -0.194. The van der Waals surface area contributed by atoms with Gasteiger partial charge in [-0.05, 0) is 47.0 Å². The number of likely N-dealkylation sites (tertiary alicyclic amines) is 1. The summed E-state index contributed by atoms with van der Waals surface area (Å²) in [7, 11) is 0. The molecule has 0 N–H and O–H groups in total. The minimum atomic E-state index is -0.571. The van der Waals surface area contributed by atoms with Crippen LogP contribution in [0.5, 0.6) is 0 Å². The van der Waals surface area contributed by atoms with Crippen LogP contribution in [0, 0.1) is 0 Å². The Bertz CT molecular complexity index is 646. The molecule has 1 atom stereocenters. The van der Waals surface area contributed by atoms with E-state index in [2.05, 4.69) is 6.92 Å². The van der Waals surface area contributed by atoms with Crippen molar-refractivity contribution in [1.29, 1.82) is 0 Å². The molecule has 1 fully saturated rings. The quantitative estimate of drug-likeness (QED) is 0.139. The van der Waals surface area contributed by atoms with Crippen molar-refractivity contribution in [1.82, 2.24) is 9.80 Å². The molecule has 0 saturated carbocycles. The van der Waals surface area contributed by atoms with Crippen LogP contribution in [0.3, 0.4) is 0 Å². The van der Waals surface area contributed by atoms with E-state index < -0.39 is 11.6 Å². The Morgan fingerprint density at radius 2 is 1.38 bits per heavy atom. The molecule has 37 heavy (non-hydrogen) atoms. The van der Waals surface area contributed by atoms with Crippen LogP contribution in [0.4, 0.5) is 4.79 Å². The standard InChI is InChI=1S/C30H56N2O5/c1-6-8-9-10-11-12-13-14-15-16-17-18-19-22-27(33)32(25-28(34)36-7-2)26-21-20-23-31(24-26)29(35)37-30(3,4)5/h26H,6-25H2,1-5H3/t26-/m0/s1. The van der Waals surface area contributed by atoms with E-state index in [4.69, 9.17) is 9.47 Å². The van der Waals surface area contributed by atoms with Crippen LogP contribution in [0.1, 0.15) is 137 Å². The highest BCUT2D eigenvalue weighted by Gasteiger charge is 2.33.